The van der Waals surface area contributed by atoms with Crippen LogP contribution in [0.2, 0.25) is 0 Å². The molecule has 0 aromatic carbocycles. The fourth-order valence-corrected chi connectivity index (χ4v) is 3.11. The van der Waals surface area contributed by atoms with Crippen molar-refractivity contribution >= 4 is 0 Å². The van der Waals surface area contributed by atoms with E-state index in [1.807, 2.05) is 0 Å². The molecule has 1 saturated heterocycles. The van der Waals surface area contributed by atoms with Gasteiger partial charge in [-0.15, -0.1) is 0 Å². The molecule has 0 amide bonds. The van der Waals surface area contributed by atoms with Crippen molar-refractivity contribution in [2.24, 2.45) is 11.3 Å². The predicted molar refractivity (Wildman–Crippen MR) is 56.8 cm³/mol. The van der Waals surface area contributed by atoms with Gasteiger partial charge in [-0.05, 0) is 56.9 Å². The molecule has 76 valence electrons. The van der Waals surface area contributed by atoms with Crippen molar-refractivity contribution in [3.63, 3.8) is 0 Å². The van der Waals surface area contributed by atoms with E-state index in [0.717, 1.165) is 5.92 Å². The molecule has 0 aromatic rings. The first kappa shape index (κ1) is 9.51. The summed E-state index contributed by atoms with van der Waals surface area (Å²) in [6.07, 6.45) is 7.00. The summed E-state index contributed by atoms with van der Waals surface area (Å²) in [5, 5.41) is 3.73. The average molecular weight is 181 g/mol. The van der Waals surface area contributed by atoms with Crippen molar-refractivity contribution in [2.45, 2.75) is 58.4 Å². The van der Waals surface area contributed by atoms with Gasteiger partial charge >= 0.3 is 0 Å². The first-order valence-electron chi connectivity index (χ1n) is 5.83. The van der Waals surface area contributed by atoms with Crippen molar-refractivity contribution in [2.75, 3.05) is 6.54 Å². The van der Waals surface area contributed by atoms with E-state index in [0.29, 0.717) is 11.0 Å². The summed E-state index contributed by atoms with van der Waals surface area (Å²) in [6, 6.07) is 0. The monoisotopic (exact) mass is 181 g/mol. The second-order valence-electron chi connectivity index (χ2n) is 5.72. The van der Waals surface area contributed by atoms with Crippen molar-refractivity contribution in [3.8, 4) is 0 Å². The molecule has 1 aliphatic heterocycles. The largest absolute Gasteiger partial charge is 0.312 e. The fourth-order valence-electron chi connectivity index (χ4n) is 3.11. The molecule has 1 heteroatoms. The number of nitrogens with one attached hydrogen (secondary N) is 1. The summed E-state index contributed by atoms with van der Waals surface area (Å²) in [4.78, 5) is 0. The third kappa shape index (κ3) is 1.76. The van der Waals surface area contributed by atoms with Gasteiger partial charge in [0.25, 0.3) is 0 Å². The molecule has 1 N–H and O–H groups in total. The second-order valence-corrected chi connectivity index (χ2v) is 5.72. The Hall–Kier alpha value is -0.0400. The van der Waals surface area contributed by atoms with Gasteiger partial charge in [-0.25, -0.2) is 0 Å². The lowest BCUT2D eigenvalue weighted by Crippen LogP contribution is -2.45. The normalized spacial score (nSPS) is 50.5. The topological polar surface area (TPSA) is 12.0 Å². The van der Waals surface area contributed by atoms with Crippen LogP contribution >= 0.6 is 0 Å². The van der Waals surface area contributed by atoms with Gasteiger partial charge in [-0.2, -0.15) is 0 Å². The van der Waals surface area contributed by atoms with Crippen LogP contribution in [0.15, 0.2) is 0 Å². The average Bonchev–Trinajstić information content (AvgIpc) is 2.67. The van der Waals surface area contributed by atoms with Crippen molar-refractivity contribution < 1.29 is 0 Å². The Morgan fingerprint density at radius 3 is 2.85 bits per heavy atom. The summed E-state index contributed by atoms with van der Waals surface area (Å²) in [5.41, 5.74) is 1.11. The van der Waals surface area contributed by atoms with Crippen molar-refractivity contribution in [1.82, 2.24) is 5.32 Å². The Labute approximate surface area is 82.3 Å². The molecule has 1 heterocycles. The van der Waals surface area contributed by atoms with Crippen LogP contribution < -0.4 is 5.32 Å². The molecule has 2 rings (SSSR count). The lowest BCUT2D eigenvalue weighted by atomic mass is 9.82. The molecule has 2 fully saturated rings. The molecule has 13 heavy (non-hydrogen) atoms. The van der Waals surface area contributed by atoms with Crippen LogP contribution in [0, 0.1) is 11.3 Å². The maximum atomic E-state index is 3.73. The van der Waals surface area contributed by atoms with Crippen molar-refractivity contribution in [1.29, 1.82) is 0 Å². The van der Waals surface area contributed by atoms with Crippen LogP contribution in [0.3, 0.4) is 0 Å². The smallest absolute Gasteiger partial charge is 0.0156 e. The van der Waals surface area contributed by atoms with E-state index in [-0.39, 0.29) is 0 Å². The quantitative estimate of drug-likeness (QED) is 0.656. The SMILES string of the molecule is CCC1(C)CC2(C)C[C@H]2CCCN1. The number of fused-ring (bicyclic) bond motifs is 1. The maximum Gasteiger partial charge on any atom is 0.0156 e. The number of hydrogen-bond donors (Lipinski definition) is 1. The molecule has 2 unspecified atom stereocenters. The molecule has 0 spiro atoms. The molecular weight excluding hydrogens is 158 g/mol. The van der Waals surface area contributed by atoms with E-state index in [9.17, 15) is 0 Å². The maximum absolute atomic E-state index is 3.73. The van der Waals surface area contributed by atoms with Gasteiger partial charge in [0.2, 0.25) is 0 Å². The first-order valence-corrected chi connectivity index (χ1v) is 5.83. The summed E-state index contributed by atoms with van der Waals surface area (Å²) in [6.45, 7) is 8.43. The zero-order chi connectivity index (χ0) is 9.53. The lowest BCUT2D eigenvalue weighted by molar-refractivity contribution is 0.232. The lowest BCUT2D eigenvalue weighted by Gasteiger charge is -2.35. The highest BCUT2D eigenvalue weighted by molar-refractivity contribution is 5.05. The molecule has 1 aliphatic carbocycles. The molecule has 0 aromatic heterocycles. The number of rotatable bonds is 1. The van der Waals surface area contributed by atoms with Gasteiger partial charge in [0.1, 0.15) is 0 Å². The van der Waals surface area contributed by atoms with E-state index in [4.69, 9.17) is 0 Å². The highest BCUT2D eigenvalue weighted by atomic mass is 15.0. The molecular formula is C12H23N. The molecule has 2 aliphatic rings. The van der Waals surface area contributed by atoms with Gasteiger partial charge in [-0.3, -0.25) is 0 Å². The van der Waals surface area contributed by atoms with E-state index < -0.39 is 0 Å². The molecule has 1 nitrogen and oxygen atoms in total. The van der Waals surface area contributed by atoms with Crippen LogP contribution in [0.4, 0.5) is 0 Å². The summed E-state index contributed by atoms with van der Waals surface area (Å²) < 4.78 is 0. The summed E-state index contributed by atoms with van der Waals surface area (Å²) in [5.74, 6) is 1.06. The third-order valence-electron chi connectivity index (χ3n) is 4.39. The standard InChI is InChI=1S/C12H23N/c1-4-12(3)9-11(2)8-10(11)6-5-7-13-12/h10,13H,4-9H2,1-3H3/t10-,11?,12?/m1/s1. The minimum atomic E-state index is 0.421. The summed E-state index contributed by atoms with van der Waals surface area (Å²) in [7, 11) is 0. The van der Waals surface area contributed by atoms with E-state index in [1.165, 1.54) is 38.6 Å². The Morgan fingerprint density at radius 2 is 2.15 bits per heavy atom. The first-order chi connectivity index (χ1) is 6.08. The zero-order valence-electron chi connectivity index (χ0n) is 9.32. The Bertz CT molecular complexity index is 201. The molecule has 1 saturated carbocycles. The molecule has 3 atom stereocenters. The van der Waals surface area contributed by atoms with Gasteiger partial charge in [-0.1, -0.05) is 13.8 Å². The van der Waals surface area contributed by atoms with Crippen molar-refractivity contribution in [3.05, 3.63) is 0 Å². The van der Waals surface area contributed by atoms with E-state index in [1.54, 1.807) is 0 Å². The second kappa shape index (κ2) is 2.98. The number of hydrogen-bond acceptors (Lipinski definition) is 1. The van der Waals surface area contributed by atoms with Gasteiger partial charge in [0.05, 0.1) is 0 Å². The van der Waals surface area contributed by atoms with Crippen LogP contribution in [-0.4, -0.2) is 12.1 Å². The van der Waals surface area contributed by atoms with Crippen LogP contribution in [-0.2, 0) is 0 Å². The van der Waals surface area contributed by atoms with Crippen LogP contribution in [0.5, 0.6) is 0 Å². The Kier molecular flexibility index (Phi) is 2.18. The minimum absolute atomic E-state index is 0.421. The zero-order valence-corrected chi connectivity index (χ0v) is 9.32. The van der Waals surface area contributed by atoms with Gasteiger partial charge < -0.3 is 5.32 Å². The molecule has 0 bridgehead atoms. The van der Waals surface area contributed by atoms with E-state index >= 15 is 0 Å². The van der Waals surface area contributed by atoms with Crippen LogP contribution in [0.1, 0.15) is 52.9 Å². The fraction of sp³-hybridized carbons (Fsp3) is 1.00. The molecule has 0 radical (unpaired) electrons. The highest BCUT2D eigenvalue weighted by Gasteiger charge is 2.52. The van der Waals surface area contributed by atoms with Crippen LogP contribution in [0.25, 0.3) is 0 Å². The minimum Gasteiger partial charge on any atom is -0.312 e. The Balaban J connectivity index is 2.05. The third-order valence-corrected chi connectivity index (χ3v) is 4.39. The Morgan fingerprint density at radius 1 is 1.38 bits per heavy atom. The van der Waals surface area contributed by atoms with E-state index in [2.05, 4.69) is 26.1 Å². The highest BCUT2D eigenvalue weighted by Crippen LogP contribution is 2.59. The van der Waals surface area contributed by atoms with Gasteiger partial charge in [0, 0.05) is 5.54 Å². The predicted octanol–water partition coefficient (Wildman–Crippen LogP) is 2.95. The summed E-state index contributed by atoms with van der Waals surface area (Å²) >= 11 is 0. The van der Waals surface area contributed by atoms with Gasteiger partial charge in [0.15, 0.2) is 0 Å².